The first-order chi connectivity index (χ1) is 30.4. The average Bonchev–Trinajstić information content (AvgIpc) is 3.85. The van der Waals surface area contributed by atoms with Crippen LogP contribution in [0.1, 0.15) is 127 Å². The first-order valence-electron chi connectivity index (χ1n) is 23.1. The second-order valence-electron chi connectivity index (χ2n) is 19.3. The molecule has 2 heterocycles. The Kier molecular flexibility index (Phi) is 10.1. The van der Waals surface area contributed by atoms with Crippen molar-refractivity contribution in [2.45, 2.75) is 98.8 Å². The molecule has 8 aromatic carbocycles. The summed E-state index contributed by atoms with van der Waals surface area (Å²) in [5.41, 5.74) is 18.1. The van der Waals surface area contributed by atoms with E-state index in [0.29, 0.717) is 17.8 Å². The zero-order valence-corrected chi connectivity index (χ0v) is 38.5. The number of hydrogen-bond donors (Lipinski definition) is 0. The van der Waals surface area contributed by atoms with Crippen LogP contribution >= 0.6 is 0 Å². The van der Waals surface area contributed by atoms with E-state index in [2.05, 4.69) is 213 Å². The quantitative estimate of drug-likeness (QED) is 0.136. The van der Waals surface area contributed by atoms with Crippen LogP contribution in [0.2, 0.25) is 0 Å². The molecule has 0 spiro atoms. The molecule has 0 saturated heterocycles. The number of nitrogens with zero attached hydrogens (tertiary/aromatic N) is 2. The SMILES string of the molecule is CC(C)c1cc(C(C)C)c(-c2ccc(-c3cc(C(C)C)c(-n4c(-c5cccc6c5oc5cc7c(ccc8ccccc87)cc56)nc5ccccc54)c(C(C)C)c3)cc2)c(C(C)C)c1. The van der Waals surface area contributed by atoms with Crippen molar-refractivity contribution in [2.24, 2.45) is 0 Å². The molecule has 0 N–H and O–H groups in total. The summed E-state index contributed by atoms with van der Waals surface area (Å²) in [7, 11) is 0. The van der Waals surface area contributed by atoms with Crippen LogP contribution in [0.25, 0.3) is 93.8 Å². The summed E-state index contributed by atoms with van der Waals surface area (Å²) in [4.78, 5) is 5.45. The number of hydrogen-bond acceptors (Lipinski definition) is 2. The highest BCUT2D eigenvalue weighted by atomic mass is 16.3. The van der Waals surface area contributed by atoms with Gasteiger partial charge in [-0.25, -0.2) is 4.98 Å². The van der Waals surface area contributed by atoms with Gasteiger partial charge in [-0.2, -0.15) is 0 Å². The van der Waals surface area contributed by atoms with E-state index in [4.69, 9.17) is 9.40 Å². The highest BCUT2D eigenvalue weighted by Gasteiger charge is 2.26. The molecule has 3 nitrogen and oxygen atoms in total. The number of fused-ring (bicyclic) bond motifs is 7. The van der Waals surface area contributed by atoms with Gasteiger partial charge in [0.2, 0.25) is 0 Å². The Morgan fingerprint density at radius 2 is 1.05 bits per heavy atom. The number of para-hydroxylation sites is 3. The fourth-order valence-corrected chi connectivity index (χ4v) is 10.0. The topological polar surface area (TPSA) is 31.0 Å². The van der Waals surface area contributed by atoms with E-state index < -0.39 is 0 Å². The fourth-order valence-electron chi connectivity index (χ4n) is 10.0. The highest BCUT2D eigenvalue weighted by Crippen LogP contribution is 2.45. The summed E-state index contributed by atoms with van der Waals surface area (Å²) in [5, 5.41) is 7.09. The van der Waals surface area contributed by atoms with Crippen LogP contribution in [0.15, 0.2) is 144 Å². The molecule has 0 radical (unpaired) electrons. The highest BCUT2D eigenvalue weighted by molar-refractivity contribution is 6.17. The first kappa shape index (κ1) is 40.6. The van der Waals surface area contributed by atoms with E-state index in [-0.39, 0.29) is 11.8 Å². The van der Waals surface area contributed by atoms with Crippen molar-refractivity contribution in [1.82, 2.24) is 9.55 Å². The molecule has 0 aliphatic heterocycles. The maximum Gasteiger partial charge on any atom is 0.149 e. The largest absolute Gasteiger partial charge is 0.455 e. The molecule has 0 aliphatic carbocycles. The van der Waals surface area contributed by atoms with Crippen LogP contribution < -0.4 is 0 Å². The van der Waals surface area contributed by atoms with Crippen LogP contribution in [-0.2, 0) is 0 Å². The number of aromatic nitrogens is 2. The van der Waals surface area contributed by atoms with Crippen molar-refractivity contribution >= 4 is 54.5 Å². The van der Waals surface area contributed by atoms with Crippen LogP contribution in [0.3, 0.4) is 0 Å². The van der Waals surface area contributed by atoms with Gasteiger partial charge >= 0.3 is 0 Å². The Labute approximate surface area is 372 Å². The van der Waals surface area contributed by atoms with Crippen LogP contribution in [0.4, 0.5) is 0 Å². The van der Waals surface area contributed by atoms with Gasteiger partial charge in [-0.05, 0) is 144 Å². The summed E-state index contributed by atoms with van der Waals surface area (Å²) >= 11 is 0. The molecule has 2 aromatic heterocycles. The second kappa shape index (κ2) is 15.7. The van der Waals surface area contributed by atoms with Crippen molar-refractivity contribution in [3.63, 3.8) is 0 Å². The number of rotatable bonds is 9. The van der Waals surface area contributed by atoms with E-state index >= 15 is 0 Å². The lowest BCUT2D eigenvalue weighted by Crippen LogP contribution is -2.09. The first-order valence-corrected chi connectivity index (χ1v) is 23.1. The van der Waals surface area contributed by atoms with E-state index in [1.807, 2.05) is 0 Å². The van der Waals surface area contributed by atoms with Crippen molar-refractivity contribution in [3.8, 4) is 39.3 Å². The summed E-state index contributed by atoms with van der Waals surface area (Å²) in [6, 6.07) is 51.9. The molecule has 0 fully saturated rings. The lowest BCUT2D eigenvalue weighted by Gasteiger charge is -2.25. The van der Waals surface area contributed by atoms with Gasteiger partial charge in [0, 0.05) is 10.8 Å². The standard InChI is InChI=1S/C60H58N2O/c1-34(2)43-29-48(35(3)4)57(49(30-43)36(5)6)41-25-22-39(23-26-41)44-31-50(37(7)8)58(51(32-44)38(9)10)62-55-21-14-13-20-54(55)61-60(62)47-19-15-18-46-53-28-42-27-24-40-16-11-12-17-45(40)52(42)33-56(53)63-59(46)47/h11-38H,1-10H3. The van der Waals surface area contributed by atoms with Gasteiger partial charge in [-0.1, -0.05) is 166 Å². The summed E-state index contributed by atoms with van der Waals surface area (Å²) in [6.07, 6.45) is 0. The van der Waals surface area contributed by atoms with Crippen LogP contribution in [0.5, 0.6) is 0 Å². The summed E-state index contributed by atoms with van der Waals surface area (Å²) in [5.74, 6) is 2.72. The van der Waals surface area contributed by atoms with Crippen molar-refractivity contribution < 1.29 is 4.42 Å². The Morgan fingerprint density at radius 1 is 0.444 bits per heavy atom. The van der Waals surface area contributed by atoms with Crippen molar-refractivity contribution in [3.05, 3.63) is 167 Å². The third kappa shape index (κ3) is 6.85. The minimum Gasteiger partial charge on any atom is -0.455 e. The zero-order chi connectivity index (χ0) is 43.8. The molecule has 0 bridgehead atoms. The van der Waals surface area contributed by atoms with Gasteiger partial charge in [0.1, 0.15) is 17.0 Å². The van der Waals surface area contributed by atoms with Gasteiger partial charge in [0.15, 0.2) is 0 Å². The summed E-state index contributed by atoms with van der Waals surface area (Å²) in [6.45, 7) is 23.2. The van der Waals surface area contributed by atoms with Crippen molar-refractivity contribution in [2.75, 3.05) is 0 Å². The van der Waals surface area contributed by atoms with Crippen molar-refractivity contribution in [1.29, 1.82) is 0 Å². The second-order valence-corrected chi connectivity index (χ2v) is 19.3. The minimum absolute atomic E-state index is 0.247. The molecule has 0 atom stereocenters. The molecular formula is C60H58N2O. The van der Waals surface area contributed by atoms with Gasteiger partial charge in [0.05, 0.1) is 22.3 Å². The Bertz CT molecular complexity index is 3310. The Balaban J connectivity index is 1.15. The molecular weight excluding hydrogens is 765 g/mol. The Morgan fingerprint density at radius 3 is 1.71 bits per heavy atom. The molecule has 63 heavy (non-hydrogen) atoms. The lowest BCUT2D eigenvalue weighted by atomic mass is 9.81. The fraction of sp³-hybridized carbons (Fsp3) is 0.250. The third-order valence-corrected chi connectivity index (χ3v) is 13.4. The van der Waals surface area contributed by atoms with Crippen LogP contribution in [0, 0.1) is 0 Å². The van der Waals surface area contributed by atoms with Crippen LogP contribution in [-0.4, -0.2) is 9.55 Å². The predicted molar refractivity (Wildman–Crippen MR) is 270 cm³/mol. The van der Waals surface area contributed by atoms with Gasteiger partial charge in [0.25, 0.3) is 0 Å². The number of furan rings is 1. The summed E-state index contributed by atoms with van der Waals surface area (Å²) < 4.78 is 9.39. The molecule has 10 rings (SSSR count). The minimum atomic E-state index is 0.247. The molecule has 10 aromatic rings. The normalized spacial score (nSPS) is 12.4. The smallest absolute Gasteiger partial charge is 0.149 e. The van der Waals surface area contributed by atoms with Gasteiger partial charge in [-0.15, -0.1) is 0 Å². The molecule has 0 saturated carbocycles. The van der Waals surface area contributed by atoms with E-state index in [9.17, 15) is 0 Å². The van der Waals surface area contributed by atoms with E-state index in [1.165, 1.54) is 77.3 Å². The molecule has 0 aliphatic rings. The Hall–Kier alpha value is -6.45. The average molecular weight is 823 g/mol. The lowest BCUT2D eigenvalue weighted by molar-refractivity contribution is 0.670. The maximum atomic E-state index is 6.96. The third-order valence-electron chi connectivity index (χ3n) is 13.4. The number of imidazole rings is 1. The predicted octanol–water partition coefficient (Wildman–Crippen LogP) is 17.8. The van der Waals surface area contributed by atoms with Gasteiger partial charge in [-0.3, -0.25) is 4.57 Å². The zero-order valence-electron chi connectivity index (χ0n) is 38.5. The molecule has 0 unspecified atom stereocenters. The number of benzene rings is 8. The van der Waals surface area contributed by atoms with Gasteiger partial charge < -0.3 is 4.42 Å². The maximum absolute atomic E-state index is 6.96. The molecule has 314 valence electrons. The van der Waals surface area contributed by atoms with E-state index in [0.717, 1.165) is 44.4 Å². The molecule has 3 heteroatoms. The monoisotopic (exact) mass is 822 g/mol. The molecule has 0 amide bonds. The van der Waals surface area contributed by atoms with E-state index in [1.54, 1.807) is 0 Å².